The van der Waals surface area contributed by atoms with Crippen LogP contribution in [-0.2, 0) is 4.74 Å². The number of amides is 2. The number of pyridine rings is 1. The van der Waals surface area contributed by atoms with Crippen LogP contribution in [0.4, 0.5) is 5.69 Å². The number of nitrogens with zero attached hydrogens (tertiary/aromatic N) is 1. The summed E-state index contributed by atoms with van der Waals surface area (Å²) in [4.78, 5) is 30.4. The van der Waals surface area contributed by atoms with Crippen LogP contribution in [0.1, 0.15) is 50.7 Å². The van der Waals surface area contributed by atoms with Crippen molar-refractivity contribution in [1.82, 2.24) is 10.3 Å². The number of methoxy groups -OCH3 is 1. The molecule has 0 saturated heterocycles. The summed E-state index contributed by atoms with van der Waals surface area (Å²) in [6.07, 6.45) is 2.23. The van der Waals surface area contributed by atoms with Crippen LogP contribution >= 0.6 is 0 Å². The van der Waals surface area contributed by atoms with Crippen molar-refractivity contribution in [1.29, 1.82) is 0 Å². The third kappa shape index (κ3) is 4.19. The number of hydrogen-bond donors (Lipinski definition) is 2. The fourth-order valence-corrected chi connectivity index (χ4v) is 3.54. The van der Waals surface area contributed by atoms with Gasteiger partial charge < -0.3 is 15.4 Å². The van der Waals surface area contributed by atoms with Gasteiger partial charge in [-0.15, -0.1) is 0 Å². The van der Waals surface area contributed by atoms with E-state index in [4.69, 9.17) is 9.72 Å². The molecule has 2 aromatic carbocycles. The summed E-state index contributed by atoms with van der Waals surface area (Å²) >= 11 is 0. The highest BCUT2D eigenvalue weighted by molar-refractivity contribution is 6.13. The van der Waals surface area contributed by atoms with Crippen molar-refractivity contribution in [3.05, 3.63) is 70.9 Å². The highest BCUT2D eigenvalue weighted by atomic mass is 16.5. The Labute approximate surface area is 175 Å². The van der Waals surface area contributed by atoms with E-state index in [1.54, 1.807) is 19.2 Å². The van der Waals surface area contributed by atoms with Crippen LogP contribution < -0.4 is 10.6 Å². The molecule has 4 rings (SSSR count). The molecule has 1 saturated carbocycles. The molecule has 1 fully saturated rings. The number of ether oxygens (including phenoxy) is 1. The smallest absolute Gasteiger partial charge is 0.256 e. The van der Waals surface area contributed by atoms with Crippen molar-refractivity contribution in [2.24, 2.45) is 0 Å². The molecule has 30 heavy (non-hydrogen) atoms. The molecular formula is C24H25N3O3. The van der Waals surface area contributed by atoms with E-state index in [0.717, 1.165) is 35.0 Å². The van der Waals surface area contributed by atoms with Gasteiger partial charge in [-0.25, -0.2) is 0 Å². The normalized spacial score (nSPS) is 13.3. The van der Waals surface area contributed by atoms with E-state index < -0.39 is 0 Å². The fraction of sp³-hybridized carbons (Fsp3) is 0.292. The van der Waals surface area contributed by atoms with Gasteiger partial charge in [0.05, 0.1) is 17.7 Å². The number of nitrogens with one attached hydrogen (secondary N) is 2. The number of fused-ring (bicyclic) bond motifs is 1. The minimum atomic E-state index is -0.199. The van der Waals surface area contributed by atoms with Gasteiger partial charge in [0.15, 0.2) is 0 Å². The topological polar surface area (TPSA) is 80.3 Å². The molecule has 1 aliphatic rings. The van der Waals surface area contributed by atoms with Crippen LogP contribution in [0.15, 0.2) is 48.5 Å². The molecule has 1 heterocycles. The summed E-state index contributed by atoms with van der Waals surface area (Å²) in [7, 11) is 1.59. The number of carbonyl (C=O) groups excluding carboxylic acids is 2. The third-order valence-electron chi connectivity index (χ3n) is 5.39. The maximum atomic E-state index is 13.2. The standard InChI is InChI=1S/C24H25N3O3/c1-15-17(23(28)25-12-13-30-2)7-5-9-20(15)27-24(29)19-14-22(16-10-11-16)26-21-8-4-3-6-18(19)21/h3-9,14,16H,10-13H2,1-2H3,(H,25,28)(H,27,29). The summed E-state index contributed by atoms with van der Waals surface area (Å²) in [5, 5.41) is 6.64. The number of aromatic nitrogens is 1. The van der Waals surface area contributed by atoms with Gasteiger partial charge in [-0.2, -0.15) is 0 Å². The van der Waals surface area contributed by atoms with Crippen LogP contribution in [0.5, 0.6) is 0 Å². The van der Waals surface area contributed by atoms with Crippen molar-refractivity contribution < 1.29 is 14.3 Å². The Kier molecular flexibility index (Phi) is 5.77. The van der Waals surface area contributed by atoms with Crippen LogP contribution in [0, 0.1) is 6.92 Å². The van der Waals surface area contributed by atoms with Crippen LogP contribution in [0.2, 0.25) is 0 Å². The number of hydrogen-bond acceptors (Lipinski definition) is 4. The summed E-state index contributed by atoms with van der Waals surface area (Å²) in [6.45, 7) is 2.71. The molecule has 154 valence electrons. The quantitative estimate of drug-likeness (QED) is 0.583. The minimum Gasteiger partial charge on any atom is -0.383 e. The van der Waals surface area contributed by atoms with Crippen LogP contribution in [-0.4, -0.2) is 37.1 Å². The van der Waals surface area contributed by atoms with E-state index in [1.165, 1.54) is 0 Å². The lowest BCUT2D eigenvalue weighted by Crippen LogP contribution is -2.27. The maximum Gasteiger partial charge on any atom is 0.256 e. The molecule has 1 aromatic heterocycles. The Morgan fingerprint density at radius 2 is 1.87 bits per heavy atom. The first-order valence-corrected chi connectivity index (χ1v) is 10.2. The Hall–Kier alpha value is -3.25. The molecular weight excluding hydrogens is 378 g/mol. The molecule has 6 heteroatoms. The second kappa shape index (κ2) is 8.63. The molecule has 0 radical (unpaired) electrons. The number of para-hydroxylation sites is 1. The van der Waals surface area contributed by atoms with Gasteiger partial charge in [-0.3, -0.25) is 14.6 Å². The highest BCUT2D eigenvalue weighted by Gasteiger charge is 2.27. The van der Waals surface area contributed by atoms with E-state index in [1.807, 2.05) is 43.3 Å². The molecule has 0 spiro atoms. The van der Waals surface area contributed by atoms with Crippen molar-refractivity contribution in [3.8, 4) is 0 Å². The van der Waals surface area contributed by atoms with E-state index >= 15 is 0 Å². The van der Waals surface area contributed by atoms with E-state index in [9.17, 15) is 9.59 Å². The first-order chi connectivity index (χ1) is 14.6. The van der Waals surface area contributed by atoms with E-state index in [0.29, 0.717) is 35.9 Å². The molecule has 6 nitrogen and oxygen atoms in total. The molecule has 0 atom stereocenters. The lowest BCUT2D eigenvalue weighted by atomic mass is 10.0. The zero-order valence-electron chi connectivity index (χ0n) is 17.2. The van der Waals surface area contributed by atoms with Gasteiger partial charge in [0, 0.05) is 41.9 Å². The Morgan fingerprint density at radius 1 is 1.07 bits per heavy atom. The van der Waals surface area contributed by atoms with E-state index in [-0.39, 0.29) is 11.8 Å². The Bertz CT molecular complexity index is 1110. The molecule has 0 aliphatic heterocycles. The summed E-state index contributed by atoms with van der Waals surface area (Å²) in [5.41, 5.74) is 4.28. The zero-order chi connectivity index (χ0) is 21.1. The molecule has 3 aromatic rings. The number of rotatable bonds is 7. The average molecular weight is 403 g/mol. The lowest BCUT2D eigenvalue weighted by molar-refractivity contribution is 0.0935. The summed E-state index contributed by atoms with van der Waals surface area (Å²) < 4.78 is 4.97. The highest BCUT2D eigenvalue weighted by Crippen LogP contribution is 2.40. The largest absolute Gasteiger partial charge is 0.383 e. The predicted octanol–water partition coefficient (Wildman–Crippen LogP) is 4.05. The minimum absolute atomic E-state index is 0.189. The van der Waals surface area contributed by atoms with Crippen LogP contribution in [0.3, 0.4) is 0 Å². The van der Waals surface area contributed by atoms with E-state index in [2.05, 4.69) is 10.6 Å². The summed E-state index contributed by atoms with van der Waals surface area (Å²) in [5.74, 6) is 0.0589. The molecule has 0 bridgehead atoms. The number of carbonyl (C=O) groups is 2. The Morgan fingerprint density at radius 3 is 2.63 bits per heavy atom. The van der Waals surface area contributed by atoms with Crippen molar-refractivity contribution in [3.63, 3.8) is 0 Å². The summed E-state index contributed by atoms with van der Waals surface area (Å²) in [6, 6.07) is 14.9. The number of anilines is 1. The van der Waals surface area contributed by atoms with Crippen molar-refractivity contribution >= 4 is 28.4 Å². The zero-order valence-corrected chi connectivity index (χ0v) is 17.2. The van der Waals surface area contributed by atoms with Crippen LogP contribution in [0.25, 0.3) is 10.9 Å². The molecule has 0 unspecified atom stereocenters. The van der Waals surface area contributed by atoms with Gasteiger partial charge in [-0.05, 0) is 49.6 Å². The lowest BCUT2D eigenvalue weighted by Gasteiger charge is -2.14. The SMILES string of the molecule is COCCNC(=O)c1cccc(NC(=O)c2cc(C3CC3)nc3ccccc23)c1C. The van der Waals surface area contributed by atoms with Gasteiger partial charge in [0.2, 0.25) is 0 Å². The maximum absolute atomic E-state index is 13.2. The second-order valence-corrected chi connectivity index (χ2v) is 7.57. The monoisotopic (exact) mass is 403 g/mol. The fourth-order valence-electron chi connectivity index (χ4n) is 3.54. The predicted molar refractivity (Wildman–Crippen MR) is 117 cm³/mol. The Balaban J connectivity index is 1.62. The first-order valence-electron chi connectivity index (χ1n) is 10.2. The van der Waals surface area contributed by atoms with Gasteiger partial charge >= 0.3 is 0 Å². The van der Waals surface area contributed by atoms with Crippen molar-refractivity contribution in [2.45, 2.75) is 25.7 Å². The average Bonchev–Trinajstić information content (AvgIpc) is 3.60. The molecule has 1 aliphatic carbocycles. The molecule has 2 N–H and O–H groups in total. The number of benzene rings is 2. The first kappa shape index (κ1) is 20.0. The van der Waals surface area contributed by atoms with Gasteiger partial charge in [0.1, 0.15) is 0 Å². The molecule has 2 amide bonds. The third-order valence-corrected chi connectivity index (χ3v) is 5.39. The van der Waals surface area contributed by atoms with Gasteiger partial charge in [0.25, 0.3) is 11.8 Å². The van der Waals surface area contributed by atoms with Crippen molar-refractivity contribution in [2.75, 3.05) is 25.6 Å². The second-order valence-electron chi connectivity index (χ2n) is 7.57. The van der Waals surface area contributed by atoms with Gasteiger partial charge in [-0.1, -0.05) is 24.3 Å².